The van der Waals surface area contributed by atoms with Crippen molar-refractivity contribution in [2.45, 2.75) is 233 Å². The molecular weight excluding hydrogens is 650 g/mol. The highest BCUT2D eigenvalue weighted by molar-refractivity contribution is 7.54. The van der Waals surface area contributed by atoms with Gasteiger partial charge in [-0.05, 0) is 18.3 Å². The SMILES string of the molecule is CCCCCCCCCCCCCCCCCCOP(=O)(CC(C)(C)CP(=O)(O)O)OCCCCCCCCCCCCCCCCCC. The van der Waals surface area contributed by atoms with E-state index >= 15 is 0 Å². The van der Waals surface area contributed by atoms with E-state index in [9.17, 15) is 18.9 Å². The molecule has 0 aliphatic heterocycles. The Balaban J connectivity index is 4.07. The number of rotatable bonds is 40. The van der Waals surface area contributed by atoms with Crippen LogP contribution in [0.1, 0.15) is 233 Å². The van der Waals surface area contributed by atoms with E-state index in [0.29, 0.717) is 13.2 Å². The monoisotopic (exact) mass is 737 g/mol. The summed E-state index contributed by atoms with van der Waals surface area (Å²) in [6, 6.07) is 0. The lowest BCUT2D eigenvalue weighted by molar-refractivity contribution is 0.189. The fourth-order valence-corrected chi connectivity index (χ4v) is 10.6. The van der Waals surface area contributed by atoms with Crippen LogP contribution >= 0.6 is 15.2 Å². The first-order chi connectivity index (χ1) is 23.5. The summed E-state index contributed by atoms with van der Waals surface area (Å²) in [4.78, 5) is 19.1. The molecule has 0 amide bonds. The van der Waals surface area contributed by atoms with Crippen LogP contribution in [-0.4, -0.2) is 35.3 Å². The average molecular weight is 737 g/mol. The summed E-state index contributed by atoms with van der Waals surface area (Å²) in [6.07, 6.45) is 41.2. The second-order valence-corrected chi connectivity index (χ2v) is 19.7. The van der Waals surface area contributed by atoms with Gasteiger partial charge in [0.05, 0.1) is 25.5 Å². The molecule has 0 aromatic heterocycles. The zero-order valence-electron chi connectivity index (χ0n) is 33.4. The zero-order chi connectivity index (χ0) is 36.4. The third kappa shape index (κ3) is 37.9. The molecule has 0 fully saturated rings. The molecule has 296 valence electrons. The van der Waals surface area contributed by atoms with E-state index in [1.54, 1.807) is 13.8 Å². The first-order valence-electron chi connectivity index (χ1n) is 21.5. The molecule has 2 N–H and O–H groups in total. The van der Waals surface area contributed by atoms with Crippen molar-refractivity contribution in [3.05, 3.63) is 0 Å². The Morgan fingerprint density at radius 1 is 0.388 bits per heavy atom. The van der Waals surface area contributed by atoms with Gasteiger partial charge < -0.3 is 18.8 Å². The Morgan fingerprint density at radius 3 is 0.837 bits per heavy atom. The van der Waals surface area contributed by atoms with Crippen LogP contribution in [0.3, 0.4) is 0 Å². The van der Waals surface area contributed by atoms with Crippen molar-refractivity contribution in [3.63, 3.8) is 0 Å². The van der Waals surface area contributed by atoms with Crippen LogP contribution in [0, 0.1) is 5.41 Å². The minimum atomic E-state index is -4.24. The van der Waals surface area contributed by atoms with Gasteiger partial charge in [-0.1, -0.05) is 220 Å². The van der Waals surface area contributed by atoms with Crippen LogP contribution in [0.2, 0.25) is 0 Å². The van der Waals surface area contributed by atoms with Crippen molar-refractivity contribution in [1.29, 1.82) is 0 Å². The molecule has 6 nitrogen and oxygen atoms in total. The highest BCUT2D eigenvalue weighted by Crippen LogP contribution is 2.55. The third-order valence-corrected chi connectivity index (χ3v) is 13.5. The Morgan fingerprint density at radius 2 is 0.612 bits per heavy atom. The summed E-state index contributed by atoms with van der Waals surface area (Å²) >= 11 is 0. The first-order valence-corrected chi connectivity index (χ1v) is 25.0. The molecule has 0 radical (unpaired) electrons. The molecule has 0 spiro atoms. The van der Waals surface area contributed by atoms with E-state index in [1.807, 2.05) is 0 Å². The summed E-state index contributed by atoms with van der Waals surface area (Å²) < 4.78 is 37.3. The van der Waals surface area contributed by atoms with Crippen molar-refractivity contribution in [3.8, 4) is 0 Å². The lowest BCUT2D eigenvalue weighted by Crippen LogP contribution is -2.24. The maximum atomic E-state index is 13.7. The van der Waals surface area contributed by atoms with E-state index < -0.39 is 20.6 Å². The van der Waals surface area contributed by atoms with Crippen LogP contribution in [-0.2, 0) is 18.2 Å². The van der Waals surface area contributed by atoms with Gasteiger partial charge in [-0.25, -0.2) is 0 Å². The first kappa shape index (κ1) is 49.3. The summed E-state index contributed by atoms with van der Waals surface area (Å²) in [5, 5.41) is 0. The van der Waals surface area contributed by atoms with Crippen LogP contribution in [0.5, 0.6) is 0 Å². The quantitative estimate of drug-likeness (QED) is 0.0480. The Labute approximate surface area is 306 Å². The molecule has 0 aliphatic rings. The van der Waals surface area contributed by atoms with Gasteiger partial charge in [-0.2, -0.15) is 0 Å². The molecule has 0 bridgehead atoms. The van der Waals surface area contributed by atoms with Crippen molar-refractivity contribution in [2.75, 3.05) is 25.5 Å². The maximum Gasteiger partial charge on any atom is 0.331 e. The van der Waals surface area contributed by atoms with Gasteiger partial charge >= 0.3 is 15.2 Å². The van der Waals surface area contributed by atoms with Gasteiger partial charge in [-0.15, -0.1) is 0 Å². The second-order valence-electron chi connectivity index (χ2n) is 16.0. The third-order valence-electron chi connectivity index (χ3n) is 9.83. The van der Waals surface area contributed by atoms with Gasteiger partial charge in [-0.3, -0.25) is 9.13 Å². The molecule has 49 heavy (non-hydrogen) atoms. The predicted molar refractivity (Wildman–Crippen MR) is 214 cm³/mol. The van der Waals surface area contributed by atoms with Gasteiger partial charge in [0.25, 0.3) is 0 Å². The molecule has 8 heteroatoms. The summed E-state index contributed by atoms with van der Waals surface area (Å²) in [7, 11) is -7.69. The molecule has 0 saturated heterocycles. The molecular formula is C41H86O6P2. The highest BCUT2D eigenvalue weighted by Gasteiger charge is 2.38. The van der Waals surface area contributed by atoms with E-state index in [-0.39, 0.29) is 12.3 Å². The molecule has 0 rings (SSSR count). The molecule has 0 aromatic carbocycles. The predicted octanol–water partition coefficient (Wildman–Crippen LogP) is 14.9. The molecule has 0 atom stereocenters. The van der Waals surface area contributed by atoms with Crippen molar-refractivity contribution >= 4 is 15.2 Å². The smallest absolute Gasteiger partial charge is 0.324 e. The van der Waals surface area contributed by atoms with Gasteiger partial charge in [0.2, 0.25) is 0 Å². The van der Waals surface area contributed by atoms with Crippen LogP contribution < -0.4 is 0 Å². The molecule has 0 saturated carbocycles. The second kappa shape index (κ2) is 34.1. The van der Waals surface area contributed by atoms with Crippen molar-refractivity contribution in [1.82, 2.24) is 0 Å². The lowest BCUT2D eigenvalue weighted by Gasteiger charge is -2.29. The fourth-order valence-electron chi connectivity index (χ4n) is 6.97. The van der Waals surface area contributed by atoms with E-state index in [0.717, 1.165) is 38.5 Å². The van der Waals surface area contributed by atoms with Gasteiger partial charge in [0.1, 0.15) is 0 Å². The standard InChI is InChI=1S/C41H86O6P2/c1-5-7-9-11-13-15-17-19-21-23-25-27-29-31-33-35-37-46-49(45,40-41(3,4)39-48(42,43)44)47-38-36-34-32-30-28-26-24-22-20-18-16-14-12-10-8-6-2/h5-40H2,1-4H3,(H2,42,43,44). The van der Waals surface area contributed by atoms with E-state index in [4.69, 9.17) is 9.05 Å². The molecule has 0 aliphatic carbocycles. The van der Waals surface area contributed by atoms with E-state index in [1.165, 1.54) is 167 Å². The lowest BCUT2D eigenvalue weighted by atomic mass is 10.0. The number of hydrogen-bond acceptors (Lipinski definition) is 4. The minimum absolute atomic E-state index is 0.0306. The van der Waals surface area contributed by atoms with Gasteiger partial charge in [0, 0.05) is 0 Å². The Kier molecular flexibility index (Phi) is 34.3. The topological polar surface area (TPSA) is 93.1 Å². The maximum absolute atomic E-state index is 13.7. The molecule has 0 aromatic rings. The van der Waals surface area contributed by atoms with Crippen LogP contribution in [0.15, 0.2) is 0 Å². The number of hydrogen-bond donors (Lipinski definition) is 2. The number of unbranched alkanes of at least 4 members (excludes halogenated alkanes) is 30. The highest BCUT2D eigenvalue weighted by atomic mass is 31.2. The Bertz CT molecular complexity index is 742. The van der Waals surface area contributed by atoms with Crippen molar-refractivity contribution in [2.24, 2.45) is 5.41 Å². The largest absolute Gasteiger partial charge is 0.331 e. The summed E-state index contributed by atoms with van der Waals surface area (Å²) in [5.74, 6) is 0. The van der Waals surface area contributed by atoms with Crippen LogP contribution in [0.25, 0.3) is 0 Å². The van der Waals surface area contributed by atoms with Crippen LogP contribution in [0.4, 0.5) is 0 Å². The van der Waals surface area contributed by atoms with E-state index in [2.05, 4.69) is 13.8 Å². The van der Waals surface area contributed by atoms with Crippen molar-refractivity contribution < 1.29 is 28.0 Å². The summed E-state index contributed by atoms with van der Waals surface area (Å²) in [5.41, 5.74) is -0.835. The minimum Gasteiger partial charge on any atom is -0.324 e. The normalized spacial score (nSPS) is 12.7. The van der Waals surface area contributed by atoms with Gasteiger partial charge in [0.15, 0.2) is 0 Å². The molecule has 0 heterocycles. The summed E-state index contributed by atoms with van der Waals surface area (Å²) in [6.45, 7) is 8.79. The molecule has 0 unspecified atom stereocenters. The zero-order valence-corrected chi connectivity index (χ0v) is 35.2. The average Bonchev–Trinajstić information content (AvgIpc) is 3.02. The Hall–Kier alpha value is 0.300. The fraction of sp³-hybridized carbons (Fsp3) is 1.00.